The first kappa shape index (κ1) is 14.3. The molecule has 1 N–H and O–H groups in total. The van der Waals surface area contributed by atoms with Gasteiger partial charge >= 0.3 is 0 Å². The van der Waals surface area contributed by atoms with Crippen molar-refractivity contribution in [3.63, 3.8) is 0 Å². The van der Waals surface area contributed by atoms with Gasteiger partial charge < -0.3 is 5.32 Å². The zero-order valence-corrected chi connectivity index (χ0v) is 11.5. The molecule has 3 nitrogen and oxygen atoms in total. The van der Waals surface area contributed by atoms with Crippen LogP contribution in [0.2, 0.25) is 0 Å². The minimum absolute atomic E-state index is 0.118. The van der Waals surface area contributed by atoms with E-state index in [4.69, 9.17) is 11.6 Å². The number of para-hydroxylation sites is 1. The molecule has 1 aromatic carbocycles. The number of hydrogen-bond donors (Lipinski definition) is 1. The number of alkyl halides is 1. The SMILES string of the molecule is CCS(=O)(=O)c1ccccc1NCCCCCl. The Labute approximate surface area is 108 Å². The molecule has 0 bridgehead atoms. The van der Waals surface area contributed by atoms with Gasteiger partial charge in [-0.15, -0.1) is 11.6 Å². The summed E-state index contributed by atoms with van der Waals surface area (Å²) < 4.78 is 23.7. The van der Waals surface area contributed by atoms with Crippen LogP contribution < -0.4 is 5.32 Å². The van der Waals surface area contributed by atoms with Crippen molar-refractivity contribution in [3.8, 4) is 0 Å². The Balaban J connectivity index is 2.79. The van der Waals surface area contributed by atoms with Crippen LogP contribution in [0.25, 0.3) is 0 Å². The van der Waals surface area contributed by atoms with E-state index >= 15 is 0 Å². The van der Waals surface area contributed by atoms with Gasteiger partial charge in [0.05, 0.1) is 16.3 Å². The van der Waals surface area contributed by atoms with Crippen LogP contribution in [0.5, 0.6) is 0 Å². The molecule has 1 rings (SSSR count). The summed E-state index contributed by atoms with van der Waals surface area (Å²) in [6, 6.07) is 7.01. The van der Waals surface area contributed by atoms with E-state index in [9.17, 15) is 8.42 Å². The Bertz CT molecular complexity index is 446. The number of anilines is 1. The summed E-state index contributed by atoms with van der Waals surface area (Å²) in [5.74, 6) is 0.754. The van der Waals surface area contributed by atoms with Crippen molar-refractivity contribution >= 4 is 27.1 Å². The number of hydrogen-bond acceptors (Lipinski definition) is 3. The van der Waals surface area contributed by atoms with Crippen molar-refractivity contribution in [3.05, 3.63) is 24.3 Å². The molecular weight excluding hydrogens is 258 g/mol. The molecule has 0 saturated carbocycles. The third kappa shape index (κ3) is 4.21. The van der Waals surface area contributed by atoms with Gasteiger partial charge in [-0.25, -0.2) is 8.42 Å². The first-order valence-corrected chi connectivity index (χ1v) is 7.92. The second kappa shape index (κ2) is 6.87. The van der Waals surface area contributed by atoms with Crippen molar-refractivity contribution in [1.82, 2.24) is 0 Å². The molecule has 5 heteroatoms. The lowest BCUT2D eigenvalue weighted by molar-refractivity contribution is 0.597. The van der Waals surface area contributed by atoms with Gasteiger partial charge in [-0.2, -0.15) is 0 Å². The number of benzene rings is 1. The van der Waals surface area contributed by atoms with Gasteiger partial charge in [0.25, 0.3) is 0 Å². The molecule has 0 fully saturated rings. The molecule has 0 unspecified atom stereocenters. The van der Waals surface area contributed by atoms with Crippen molar-refractivity contribution in [2.45, 2.75) is 24.7 Å². The molecule has 0 saturated heterocycles. The van der Waals surface area contributed by atoms with Crippen molar-refractivity contribution in [1.29, 1.82) is 0 Å². The van der Waals surface area contributed by atoms with E-state index in [1.54, 1.807) is 25.1 Å². The third-order valence-corrected chi connectivity index (χ3v) is 4.53. The van der Waals surface area contributed by atoms with Gasteiger partial charge in [-0.05, 0) is 25.0 Å². The summed E-state index contributed by atoms with van der Waals surface area (Å²) in [5, 5.41) is 3.15. The average molecular weight is 276 g/mol. The fourth-order valence-corrected chi connectivity index (χ4v) is 2.74. The highest BCUT2D eigenvalue weighted by Crippen LogP contribution is 2.21. The minimum atomic E-state index is -3.16. The quantitative estimate of drug-likeness (QED) is 0.615. The maximum Gasteiger partial charge on any atom is 0.180 e. The van der Waals surface area contributed by atoms with E-state index in [1.165, 1.54) is 0 Å². The second-order valence-electron chi connectivity index (χ2n) is 3.72. The smallest absolute Gasteiger partial charge is 0.180 e. The van der Waals surface area contributed by atoms with Crippen LogP contribution in [-0.4, -0.2) is 26.6 Å². The van der Waals surface area contributed by atoms with Gasteiger partial charge in [-0.3, -0.25) is 0 Å². The van der Waals surface area contributed by atoms with Crippen LogP contribution >= 0.6 is 11.6 Å². The van der Waals surface area contributed by atoms with E-state index in [0.717, 1.165) is 19.4 Å². The Morgan fingerprint density at radius 2 is 1.94 bits per heavy atom. The fourth-order valence-electron chi connectivity index (χ4n) is 1.48. The highest BCUT2D eigenvalue weighted by atomic mass is 35.5. The summed E-state index contributed by atoms with van der Waals surface area (Å²) in [6.07, 6.45) is 1.86. The first-order chi connectivity index (χ1) is 8.11. The molecule has 0 radical (unpaired) electrons. The first-order valence-electron chi connectivity index (χ1n) is 5.73. The maximum atomic E-state index is 11.8. The minimum Gasteiger partial charge on any atom is -0.384 e. The van der Waals surface area contributed by atoms with Crippen LogP contribution in [0, 0.1) is 0 Å². The van der Waals surface area contributed by atoms with Crippen LogP contribution in [-0.2, 0) is 9.84 Å². The molecule has 0 spiro atoms. The summed E-state index contributed by atoms with van der Waals surface area (Å²) in [6.45, 7) is 2.39. The van der Waals surface area contributed by atoms with E-state index in [0.29, 0.717) is 16.5 Å². The summed E-state index contributed by atoms with van der Waals surface area (Å²) >= 11 is 5.59. The molecule has 17 heavy (non-hydrogen) atoms. The van der Waals surface area contributed by atoms with Crippen LogP contribution in [0.3, 0.4) is 0 Å². The third-order valence-electron chi connectivity index (χ3n) is 2.48. The van der Waals surface area contributed by atoms with Crippen molar-refractivity contribution in [2.24, 2.45) is 0 Å². The molecular formula is C12H18ClNO2S. The molecule has 0 aliphatic carbocycles. The number of rotatable bonds is 7. The van der Waals surface area contributed by atoms with Gasteiger partial charge in [0, 0.05) is 12.4 Å². The monoisotopic (exact) mass is 275 g/mol. The lowest BCUT2D eigenvalue weighted by Crippen LogP contribution is -2.10. The summed E-state index contributed by atoms with van der Waals surface area (Å²) in [4.78, 5) is 0.383. The molecule has 0 atom stereocenters. The van der Waals surface area contributed by atoms with Gasteiger partial charge in [0.1, 0.15) is 0 Å². The highest BCUT2D eigenvalue weighted by molar-refractivity contribution is 7.91. The van der Waals surface area contributed by atoms with E-state index in [1.807, 2.05) is 6.07 Å². The summed E-state index contributed by atoms with van der Waals surface area (Å²) in [5.41, 5.74) is 0.684. The van der Waals surface area contributed by atoms with Crippen molar-refractivity contribution in [2.75, 3.05) is 23.5 Å². The Hall–Kier alpha value is -0.740. The van der Waals surface area contributed by atoms with Crippen LogP contribution in [0.1, 0.15) is 19.8 Å². The zero-order chi connectivity index (χ0) is 12.7. The van der Waals surface area contributed by atoms with E-state index in [-0.39, 0.29) is 5.75 Å². The predicted octanol–water partition coefficient (Wildman–Crippen LogP) is 2.91. The maximum absolute atomic E-state index is 11.8. The largest absolute Gasteiger partial charge is 0.384 e. The number of unbranched alkanes of at least 4 members (excludes halogenated alkanes) is 1. The predicted molar refractivity (Wildman–Crippen MR) is 72.6 cm³/mol. The van der Waals surface area contributed by atoms with Gasteiger partial charge in [-0.1, -0.05) is 19.1 Å². The van der Waals surface area contributed by atoms with Gasteiger partial charge in [0.15, 0.2) is 9.84 Å². The highest BCUT2D eigenvalue weighted by Gasteiger charge is 2.15. The molecule has 0 aliphatic rings. The van der Waals surface area contributed by atoms with E-state index < -0.39 is 9.84 Å². The zero-order valence-electron chi connectivity index (χ0n) is 9.95. The lowest BCUT2D eigenvalue weighted by atomic mass is 10.3. The number of nitrogens with one attached hydrogen (secondary N) is 1. The topological polar surface area (TPSA) is 46.2 Å². The summed E-state index contributed by atoms with van der Waals surface area (Å²) in [7, 11) is -3.16. The molecule has 96 valence electrons. The lowest BCUT2D eigenvalue weighted by Gasteiger charge is -2.11. The van der Waals surface area contributed by atoms with E-state index in [2.05, 4.69) is 5.32 Å². The number of sulfone groups is 1. The van der Waals surface area contributed by atoms with Crippen LogP contribution in [0.4, 0.5) is 5.69 Å². The second-order valence-corrected chi connectivity index (χ2v) is 6.35. The standard InChI is InChI=1S/C12H18ClNO2S/c1-2-17(15,16)12-8-4-3-7-11(12)14-10-6-5-9-13/h3-4,7-8,14H,2,5-6,9-10H2,1H3. The molecule has 0 aromatic heterocycles. The Morgan fingerprint density at radius 3 is 2.59 bits per heavy atom. The molecule has 0 amide bonds. The molecule has 0 aliphatic heterocycles. The van der Waals surface area contributed by atoms with Crippen molar-refractivity contribution < 1.29 is 8.42 Å². The Kier molecular flexibility index (Phi) is 5.78. The molecule has 0 heterocycles. The number of halogens is 1. The van der Waals surface area contributed by atoms with Crippen LogP contribution in [0.15, 0.2) is 29.2 Å². The normalized spacial score (nSPS) is 11.4. The molecule has 1 aromatic rings. The fraction of sp³-hybridized carbons (Fsp3) is 0.500. The average Bonchev–Trinajstić information content (AvgIpc) is 2.35. The van der Waals surface area contributed by atoms with Gasteiger partial charge in [0.2, 0.25) is 0 Å². The Morgan fingerprint density at radius 1 is 1.24 bits per heavy atom.